The Hall–Kier alpha value is -3.13. The van der Waals surface area contributed by atoms with Gasteiger partial charge in [-0.05, 0) is 30.7 Å². The molecule has 134 valence electrons. The van der Waals surface area contributed by atoms with Gasteiger partial charge >= 0.3 is 0 Å². The van der Waals surface area contributed by atoms with E-state index in [2.05, 4.69) is 25.6 Å². The number of anilines is 3. The lowest BCUT2D eigenvalue weighted by atomic mass is 10.2. The summed E-state index contributed by atoms with van der Waals surface area (Å²) in [6.07, 6.45) is 3.77. The van der Waals surface area contributed by atoms with E-state index in [4.69, 9.17) is 5.11 Å². The molecule has 3 N–H and O–H groups in total. The third-order valence-corrected chi connectivity index (χ3v) is 3.54. The summed E-state index contributed by atoms with van der Waals surface area (Å²) >= 11 is 0. The van der Waals surface area contributed by atoms with E-state index in [0.717, 1.165) is 17.7 Å². The van der Waals surface area contributed by atoms with Crippen LogP contribution in [0.15, 0.2) is 48.8 Å². The van der Waals surface area contributed by atoms with E-state index in [-0.39, 0.29) is 24.1 Å². The van der Waals surface area contributed by atoms with Gasteiger partial charge in [-0.25, -0.2) is 13.8 Å². The number of nitrogens with zero attached hydrogens (tertiary/aromatic N) is 3. The maximum absolute atomic E-state index is 13.9. The first-order valence-electron chi connectivity index (χ1n) is 8.02. The fraction of sp³-hybridized carbons (Fsp3) is 0.167. The Morgan fingerprint density at radius 1 is 1.00 bits per heavy atom. The Morgan fingerprint density at radius 2 is 1.73 bits per heavy atom. The van der Waals surface area contributed by atoms with Crippen molar-refractivity contribution in [1.82, 2.24) is 15.0 Å². The maximum Gasteiger partial charge on any atom is 0.225 e. The van der Waals surface area contributed by atoms with Gasteiger partial charge in [0.25, 0.3) is 0 Å². The summed E-state index contributed by atoms with van der Waals surface area (Å²) in [6, 6.07) is 8.76. The molecule has 0 spiro atoms. The van der Waals surface area contributed by atoms with E-state index in [0.29, 0.717) is 18.7 Å². The SMILES string of the molecule is OCCCNc1nc(Nc2c(F)cccc2F)cc(-c2ccncc2)n1. The molecular weight excluding hydrogens is 340 g/mol. The second kappa shape index (κ2) is 8.30. The molecule has 1 aromatic carbocycles. The highest BCUT2D eigenvalue weighted by Crippen LogP contribution is 2.26. The number of aromatic nitrogens is 3. The summed E-state index contributed by atoms with van der Waals surface area (Å²) in [7, 11) is 0. The quantitative estimate of drug-likeness (QED) is 0.563. The lowest BCUT2D eigenvalue weighted by Crippen LogP contribution is -2.09. The predicted molar refractivity (Wildman–Crippen MR) is 95.1 cm³/mol. The number of benzene rings is 1. The first kappa shape index (κ1) is 17.7. The van der Waals surface area contributed by atoms with Crippen molar-refractivity contribution in [3.63, 3.8) is 0 Å². The van der Waals surface area contributed by atoms with E-state index >= 15 is 0 Å². The Labute approximate surface area is 149 Å². The average molecular weight is 357 g/mol. The molecule has 0 aliphatic heterocycles. The van der Waals surface area contributed by atoms with Crippen LogP contribution in [0.4, 0.5) is 26.2 Å². The highest BCUT2D eigenvalue weighted by molar-refractivity contribution is 5.67. The Bertz CT molecular complexity index is 856. The Balaban J connectivity index is 1.96. The van der Waals surface area contributed by atoms with E-state index in [9.17, 15) is 8.78 Å². The molecule has 0 aliphatic rings. The fourth-order valence-corrected chi connectivity index (χ4v) is 2.29. The summed E-state index contributed by atoms with van der Waals surface area (Å²) in [5, 5.41) is 14.6. The normalized spacial score (nSPS) is 10.6. The molecule has 2 aromatic heterocycles. The van der Waals surface area contributed by atoms with Gasteiger partial charge in [-0.2, -0.15) is 4.98 Å². The van der Waals surface area contributed by atoms with Crippen LogP contribution in [0.1, 0.15) is 6.42 Å². The number of hydrogen-bond donors (Lipinski definition) is 3. The molecule has 8 heteroatoms. The lowest BCUT2D eigenvalue weighted by molar-refractivity contribution is 0.292. The van der Waals surface area contributed by atoms with Crippen LogP contribution in [0.5, 0.6) is 0 Å². The number of hydrogen-bond acceptors (Lipinski definition) is 6. The van der Waals surface area contributed by atoms with Crippen LogP contribution in [-0.4, -0.2) is 33.2 Å². The van der Waals surface area contributed by atoms with Crippen LogP contribution < -0.4 is 10.6 Å². The highest BCUT2D eigenvalue weighted by Gasteiger charge is 2.12. The van der Waals surface area contributed by atoms with Gasteiger partial charge in [0, 0.05) is 37.2 Å². The van der Waals surface area contributed by atoms with Crippen molar-refractivity contribution in [2.75, 3.05) is 23.8 Å². The van der Waals surface area contributed by atoms with E-state index < -0.39 is 11.6 Å². The molecule has 0 bridgehead atoms. The zero-order valence-corrected chi connectivity index (χ0v) is 13.8. The van der Waals surface area contributed by atoms with Gasteiger partial charge in [0.05, 0.1) is 5.69 Å². The largest absolute Gasteiger partial charge is 0.396 e. The van der Waals surface area contributed by atoms with E-state index in [1.807, 2.05) is 0 Å². The smallest absolute Gasteiger partial charge is 0.225 e. The van der Waals surface area contributed by atoms with Crippen LogP contribution in [0.2, 0.25) is 0 Å². The average Bonchev–Trinajstić information content (AvgIpc) is 2.66. The Morgan fingerprint density at radius 3 is 2.42 bits per heavy atom. The molecule has 0 saturated carbocycles. The minimum absolute atomic E-state index is 0.0303. The summed E-state index contributed by atoms with van der Waals surface area (Å²) in [6.45, 7) is 0.492. The molecule has 0 unspecified atom stereocenters. The molecule has 2 heterocycles. The van der Waals surface area contributed by atoms with Crippen molar-refractivity contribution in [3.8, 4) is 11.3 Å². The van der Waals surface area contributed by atoms with Gasteiger partial charge in [-0.1, -0.05) is 6.07 Å². The first-order valence-corrected chi connectivity index (χ1v) is 8.02. The topological polar surface area (TPSA) is 83.0 Å². The number of halogens is 2. The van der Waals surface area contributed by atoms with Crippen LogP contribution in [-0.2, 0) is 0 Å². The second-order valence-electron chi connectivity index (χ2n) is 5.42. The minimum Gasteiger partial charge on any atom is -0.396 e. The molecule has 0 saturated heterocycles. The van der Waals surface area contributed by atoms with Gasteiger partial charge in [0.1, 0.15) is 23.1 Å². The summed E-state index contributed by atoms with van der Waals surface area (Å²) < 4.78 is 27.8. The van der Waals surface area contributed by atoms with Gasteiger partial charge in [-0.15, -0.1) is 0 Å². The number of para-hydroxylation sites is 1. The number of aliphatic hydroxyl groups is 1. The van der Waals surface area contributed by atoms with Gasteiger partial charge in [-0.3, -0.25) is 4.98 Å². The molecule has 0 aliphatic carbocycles. The summed E-state index contributed by atoms with van der Waals surface area (Å²) in [4.78, 5) is 12.6. The van der Waals surface area contributed by atoms with Crippen molar-refractivity contribution in [2.45, 2.75) is 6.42 Å². The number of nitrogens with one attached hydrogen (secondary N) is 2. The van der Waals surface area contributed by atoms with Crippen LogP contribution in [0.25, 0.3) is 11.3 Å². The number of rotatable bonds is 7. The molecule has 3 rings (SSSR count). The van der Waals surface area contributed by atoms with Gasteiger partial charge in [0.15, 0.2) is 0 Å². The van der Waals surface area contributed by atoms with Crippen molar-refractivity contribution in [2.24, 2.45) is 0 Å². The molecule has 3 aromatic rings. The predicted octanol–water partition coefficient (Wildman–Crippen LogP) is 3.35. The van der Waals surface area contributed by atoms with E-state index in [1.54, 1.807) is 30.6 Å². The summed E-state index contributed by atoms with van der Waals surface area (Å²) in [5.41, 5.74) is 1.06. The molecule has 26 heavy (non-hydrogen) atoms. The van der Waals surface area contributed by atoms with Gasteiger partial charge in [0.2, 0.25) is 5.95 Å². The second-order valence-corrected chi connectivity index (χ2v) is 5.42. The third-order valence-electron chi connectivity index (χ3n) is 3.54. The van der Waals surface area contributed by atoms with Crippen molar-refractivity contribution in [3.05, 3.63) is 60.4 Å². The molecule has 0 fully saturated rings. The maximum atomic E-state index is 13.9. The summed E-state index contributed by atoms with van der Waals surface area (Å²) in [5.74, 6) is -0.915. The highest BCUT2D eigenvalue weighted by atomic mass is 19.1. The standard InChI is InChI=1S/C18H17F2N5O/c19-13-3-1-4-14(20)17(13)24-16-11-15(12-5-8-21-9-6-12)23-18(25-16)22-7-2-10-26/h1,3-6,8-9,11,26H,2,7,10H2,(H2,22,23,24,25). The third kappa shape index (κ3) is 4.28. The molecule has 0 atom stereocenters. The molecule has 0 radical (unpaired) electrons. The molecular formula is C18H17F2N5O. The lowest BCUT2D eigenvalue weighted by Gasteiger charge is -2.12. The number of pyridine rings is 1. The minimum atomic E-state index is -0.719. The number of aliphatic hydroxyl groups excluding tert-OH is 1. The Kier molecular flexibility index (Phi) is 5.65. The zero-order chi connectivity index (χ0) is 18.4. The monoisotopic (exact) mass is 357 g/mol. The zero-order valence-electron chi connectivity index (χ0n) is 13.8. The van der Waals surface area contributed by atoms with Crippen LogP contribution in [0.3, 0.4) is 0 Å². The first-order chi connectivity index (χ1) is 12.7. The van der Waals surface area contributed by atoms with Crippen LogP contribution in [0, 0.1) is 11.6 Å². The van der Waals surface area contributed by atoms with E-state index in [1.165, 1.54) is 6.07 Å². The van der Waals surface area contributed by atoms with Crippen molar-refractivity contribution >= 4 is 17.5 Å². The van der Waals surface area contributed by atoms with Gasteiger partial charge < -0.3 is 15.7 Å². The van der Waals surface area contributed by atoms with Crippen molar-refractivity contribution in [1.29, 1.82) is 0 Å². The van der Waals surface area contributed by atoms with Crippen molar-refractivity contribution < 1.29 is 13.9 Å². The fourth-order valence-electron chi connectivity index (χ4n) is 2.29. The molecule has 0 amide bonds. The van der Waals surface area contributed by atoms with Crippen LogP contribution >= 0.6 is 0 Å². The molecule has 6 nitrogen and oxygen atoms in total.